The van der Waals surface area contributed by atoms with Crippen molar-refractivity contribution in [3.05, 3.63) is 87.4 Å². The highest BCUT2D eigenvalue weighted by Crippen LogP contribution is 2.34. The number of benzene rings is 1. The van der Waals surface area contributed by atoms with E-state index < -0.39 is 0 Å². The van der Waals surface area contributed by atoms with E-state index in [1.54, 1.807) is 51.3 Å². The molecule has 0 radical (unpaired) electrons. The van der Waals surface area contributed by atoms with Gasteiger partial charge < -0.3 is 19.5 Å². The predicted octanol–water partition coefficient (Wildman–Crippen LogP) is 4.77. The number of pyridine rings is 2. The topological polar surface area (TPSA) is 84.6 Å². The molecule has 9 nitrogen and oxygen atoms in total. The molecule has 0 bridgehead atoms. The van der Waals surface area contributed by atoms with E-state index in [2.05, 4.69) is 38.8 Å². The zero-order chi connectivity index (χ0) is 30.3. The Bertz CT molecular complexity index is 1750. The summed E-state index contributed by atoms with van der Waals surface area (Å²) in [5, 5.41) is 3.86. The molecule has 0 saturated carbocycles. The maximum atomic E-state index is 15.2. The fraction of sp³-hybridized carbons (Fsp3) is 0.344. The molecule has 1 amide bonds. The number of carbonyl (C=O) groups is 1. The number of ether oxygens (including phenoxy) is 1. The van der Waals surface area contributed by atoms with Crippen LogP contribution in [0.2, 0.25) is 0 Å². The highest BCUT2D eigenvalue weighted by Gasteiger charge is 2.25. The Morgan fingerprint density at radius 3 is 2.60 bits per heavy atom. The summed E-state index contributed by atoms with van der Waals surface area (Å²) in [5.74, 6) is -0.0178. The van der Waals surface area contributed by atoms with Crippen molar-refractivity contribution >= 4 is 28.2 Å². The second-order valence-electron chi connectivity index (χ2n) is 10.9. The fourth-order valence-corrected chi connectivity index (χ4v) is 5.88. The van der Waals surface area contributed by atoms with Crippen LogP contribution < -0.4 is 15.6 Å². The van der Waals surface area contributed by atoms with E-state index in [0.29, 0.717) is 35.5 Å². The zero-order valence-electron chi connectivity index (χ0n) is 25.2. The molecule has 4 aromatic rings. The molecule has 0 unspecified atom stereocenters. The number of carbonyl (C=O) groups excluding carboxylic acids is 1. The molecule has 10 heteroatoms. The van der Waals surface area contributed by atoms with Crippen LogP contribution in [0.3, 0.4) is 0 Å². The number of nitrogens with zero attached hydrogens (tertiary/aromatic N) is 5. The van der Waals surface area contributed by atoms with Gasteiger partial charge in [-0.15, -0.1) is 0 Å². The summed E-state index contributed by atoms with van der Waals surface area (Å²) in [6.07, 6.45) is 6.17. The maximum Gasteiger partial charge on any atom is 0.257 e. The van der Waals surface area contributed by atoms with Crippen molar-refractivity contribution in [3.8, 4) is 11.4 Å². The number of hydrogen-bond acceptors (Lipinski definition) is 6. The molecule has 220 valence electrons. The van der Waals surface area contributed by atoms with Crippen molar-refractivity contribution in [3.63, 3.8) is 0 Å². The Morgan fingerprint density at radius 2 is 1.98 bits per heavy atom. The normalized spacial score (nSPS) is 14.5. The number of aromatic nitrogens is 3. The Balaban J connectivity index is 1.44. The molecule has 42 heavy (non-hydrogen) atoms. The maximum absolute atomic E-state index is 15.2. The van der Waals surface area contributed by atoms with Gasteiger partial charge in [0.2, 0.25) is 0 Å². The molecule has 1 atom stereocenters. The van der Waals surface area contributed by atoms with Crippen LogP contribution in [0.4, 0.5) is 10.1 Å². The number of fused-ring (bicyclic) bond motifs is 1. The molecule has 0 spiro atoms. The van der Waals surface area contributed by atoms with Gasteiger partial charge in [-0.2, -0.15) is 0 Å². The average molecular weight is 573 g/mol. The first-order chi connectivity index (χ1) is 20.0. The average Bonchev–Trinajstić information content (AvgIpc) is 3.32. The number of anilines is 1. The second-order valence-corrected chi connectivity index (χ2v) is 10.9. The van der Waals surface area contributed by atoms with Crippen molar-refractivity contribution in [2.24, 2.45) is 7.05 Å². The Kier molecular flexibility index (Phi) is 7.92. The van der Waals surface area contributed by atoms with Gasteiger partial charge in [-0.3, -0.25) is 19.1 Å². The minimum atomic E-state index is -0.366. The third-order valence-corrected chi connectivity index (χ3v) is 8.19. The van der Waals surface area contributed by atoms with E-state index in [0.717, 1.165) is 40.1 Å². The van der Waals surface area contributed by atoms with E-state index in [4.69, 9.17) is 4.74 Å². The number of methoxy groups -OCH3 is 1. The quantitative estimate of drug-likeness (QED) is 0.343. The minimum absolute atomic E-state index is 0.0406. The van der Waals surface area contributed by atoms with Gasteiger partial charge in [0.25, 0.3) is 11.5 Å². The molecule has 0 fully saturated rings. The van der Waals surface area contributed by atoms with Gasteiger partial charge in [0, 0.05) is 81.8 Å². The first-order valence-corrected chi connectivity index (χ1v) is 13.9. The van der Waals surface area contributed by atoms with Gasteiger partial charge >= 0.3 is 0 Å². The molecule has 1 aliphatic heterocycles. The van der Waals surface area contributed by atoms with Crippen molar-refractivity contribution in [1.29, 1.82) is 0 Å². The van der Waals surface area contributed by atoms with Crippen LogP contribution in [0, 0.1) is 12.7 Å². The highest BCUT2D eigenvalue weighted by molar-refractivity contribution is 5.94. The van der Waals surface area contributed by atoms with Crippen LogP contribution >= 0.6 is 0 Å². The lowest BCUT2D eigenvalue weighted by molar-refractivity contribution is 0.0827. The van der Waals surface area contributed by atoms with Crippen molar-refractivity contribution in [2.45, 2.75) is 26.3 Å². The van der Waals surface area contributed by atoms with Gasteiger partial charge in [-0.25, -0.2) is 9.37 Å². The van der Waals surface area contributed by atoms with Gasteiger partial charge in [0.05, 0.1) is 24.7 Å². The van der Waals surface area contributed by atoms with Crippen molar-refractivity contribution < 1.29 is 13.9 Å². The third-order valence-electron chi connectivity index (χ3n) is 8.19. The Hall–Kier alpha value is -4.44. The zero-order valence-corrected chi connectivity index (χ0v) is 25.2. The Labute approximate surface area is 244 Å². The van der Waals surface area contributed by atoms with E-state index in [1.807, 2.05) is 20.0 Å². The monoisotopic (exact) mass is 572 g/mol. The summed E-state index contributed by atoms with van der Waals surface area (Å²) < 4.78 is 24.4. The lowest BCUT2D eigenvalue weighted by Crippen LogP contribution is -2.32. The second kappa shape index (κ2) is 11.4. The standard InChI is InChI=1S/C32H37FN6O3/c1-19-14-22(32(41)36(4)5)15-24(33)30(19)21-9-12-38(13-10-21)20(2)27-16-23-26(8-11-35-31(23)37(27)6)39-18-28(42-7)25(34-3)17-29(39)40/h8-9,11,14-18,20,34H,10,12-13H2,1-7H3/t20-/m0/s1. The molecular formula is C32H37FN6O3. The lowest BCUT2D eigenvalue weighted by Gasteiger charge is -2.32. The van der Waals surface area contributed by atoms with Crippen LogP contribution in [0.5, 0.6) is 5.75 Å². The van der Waals surface area contributed by atoms with Gasteiger partial charge in [-0.05, 0) is 55.7 Å². The molecular weight excluding hydrogens is 535 g/mol. The van der Waals surface area contributed by atoms with Crippen molar-refractivity contribution in [1.82, 2.24) is 23.9 Å². The van der Waals surface area contributed by atoms with E-state index in [1.165, 1.54) is 17.0 Å². The molecule has 3 aromatic heterocycles. The number of aryl methyl sites for hydroxylation is 2. The molecule has 4 heterocycles. The van der Waals surface area contributed by atoms with Gasteiger partial charge in [0.15, 0.2) is 5.75 Å². The third kappa shape index (κ3) is 5.07. The number of hydrogen-bond donors (Lipinski definition) is 1. The van der Waals surface area contributed by atoms with Crippen LogP contribution in [0.25, 0.3) is 22.3 Å². The van der Waals surface area contributed by atoms with Gasteiger partial charge in [0.1, 0.15) is 11.5 Å². The van der Waals surface area contributed by atoms with Crippen LogP contribution in [0.1, 0.15) is 46.6 Å². The molecule has 0 saturated heterocycles. The smallest absolute Gasteiger partial charge is 0.257 e. The molecule has 0 aliphatic carbocycles. The number of rotatable bonds is 7. The summed E-state index contributed by atoms with van der Waals surface area (Å²) >= 11 is 0. The van der Waals surface area contributed by atoms with E-state index in [9.17, 15) is 9.59 Å². The van der Waals surface area contributed by atoms with Gasteiger partial charge in [-0.1, -0.05) is 6.08 Å². The highest BCUT2D eigenvalue weighted by atomic mass is 19.1. The SMILES string of the molecule is CNc1cc(=O)n(-c2ccnc3c2cc([C@H](C)N2CC=C(c4c(C)cc(C(=O)N(C)C)cc4F)CC2)n3C)cc1OC. The molecule has 1 aromatic carbocycles. The summed E-state index contributed by atoms with van der Waals surface area (Å²) in [5.41, 5.74) is 5.65. The minimum Gasteiger partial charge on any atom is -0.493 e. The largest absolute Gasteiger partial charge is 0.493 e. The van der Waals surface area contributed by atoms with Crippen LogP contribution in [-0.2, 0) is 7.05 Å². The van der Waals surface area contributed by atoms with E-state index >= 15 is 4.39 Å². The first-order valence-electron chi connectivity index (χ1n) is 13.9. The summed E-state index contributed by atoms with van der Waals surface area (Å²) in [6.45, 7) is 5.40. The summed E-state index contributed by atoms with van der Waals surface area (Å²) in [4.78, 5) is 33.8. The predicted molar refractivity (Wildman–Crippen MR) is 164 cm³/mol. The summed E-state index contributed by atoms with van der Waals surface area (Å²) in [7, 11) is 8.63. The number of amides is 1. The van der Waals surface area contributed by atoms with Crippen LogP contribution in [0.15, 0.2) is 53.6 Å². The molecule has 5 rings (SSSR count). The van der Waals surface area contributed by atoms with Crippen molar-refractivity contribution in [2.75, 3.05) is 46.7 Å². The molecule has 1 N–H and O–H groups in total. The number of nitrogens with one attached hydrogen (secondary N) is 1. The van der Waals surface area contributed by atoms with Crippen LogP contribution in [-0.4, -0.2) is 71.2 Å². The Morgan fingerprint density at radius 1 is 1.21 bits per heavy atom. The number of halogens is 1. The van der Waals surface area contributed by atoms with E-state index in [-0.39, 0.29) is 23.3 Å². The fourth-order valence-electron chi connectivity index (χ4n) is 5.88. The first kappa shape index (κ1) is 29.1. The lowest BCUT2D eigenvalue weighted by atomic mass is 9.92. The molecule has 1 aliphatic rings. The summed E-state index contributed by atoms with van der Waals surface area (Å²) in [6, 6.07) is 8.60.